The van der Waals surface area contributed by atoms with Gasteiger partial charge in [0.15, 0.2) is 0 Å². The van der Waals surface area contributed by atoms with Crippen LogP contribution in [0.15, 0.2) is 97.3 Å². The molecule has 2 aromatic heterocycles. The predicted molar refractivity (Wildman–Crippen MR) is 279 cm³/mol. The normalized spacial score (nSPS) is 13.7. The van der Waals surface area contributed by atoms with Crippen LogP contribution in [0.2, 0.25) is 5.02 Å². The van der Waals surface area contributed by atoms with Crippen LogP contribution in [0.25, 0.3) is 0 Å². The van der Waals surface area contributed by atoms with E-state index in [2.05, 4.69) is 86.1 Å². The number of nitriles is 2. The Morgan fingerprint density at radius 2 is 1.13 bits per heavy atom. The maximum absolute atomic E-state index is 9.14. The third-order valence-corrected chi connectivity index (χ3v) is 11.8. The summed E-state index contributed by atoms with van der Waals surface area (Å²) >= 11 is 6.61. The lowest BCUT2D eigenvalue weighted by Gasteiger charge is -2.36. The zero-order valence-corrected chi connectivity index (χ0v) is 41.2. The first kappa shape index (κ1) is 51.2. The molecule has 0 aliphatic carbocycles. The van der Waals surface area contributed by atoms with Crippen molar-refractivity contribution >= 4 is 69.3 Å². The quantitative estimate of drug-likeness (QED) is 0.0654. The van der Waals surface area contributed by atoms with E-state index in [1.54, 1.807) is 31.6 Å². The molecule has 17 heteroatoms. The maximum Gasteiger partial charge on any atom is 0.229 e. The van der Waals surface area contributed by atoms with Gasteiger partial charge in [0.2, 0.25) is 11.9 Å². The third kappa shape index (κ3) is 14.6. The number of benzene rings is 4. The molecule has 0 amide bonds. The third-order valence-electron chi connectivity index (χ3n) is 11.5. The number of hydrogen-bond donors (Lipinski definition) is 5. The first-order valence-electron chi connectivity index (χ1n) is 23.3. The second-order valence-corrected chi connectivity index (χ2v) is 16.8. The van der Waals surface area contributed by atoms with Gasteiger partial charge in [-0.05, 0) is 86.6 Å². The summed E-state index contributed by atoms with van der Waals surface area (Å²) in [4.78, 5) is 27.0. The molecule has 69 heavy (non-hydrogen) atoms. The van der Waals surface area contributed by atoms with Gasteiger partial charge in [-0.1, -0.05) is 60.8 Å². The molecule has 360 valence electrons. The van der Waals surface area contributed by atoms with E-state index in [9.17, 15) is 0 Å². The Bertz CT molecular complexity index is 2690. The van der Waals surface area contributed by atoms with Crippen molar-refractivity contribution in [2.45, 2.75) is 40.5 Å². The highest BCUT2D eigenvalue weighted by atomic mass is 35.5. The summed E-state index contributed by atoms with van der Waals surface area (Å²) in [7, 11) is 3.84. The van der Waals surface area contributed by atoms with Crippen LogP contribution in [-0.2, 0) is 12.8 Å². The first-order valence-corrected chi connectivity index (χ1v) is 23.7. The van der Waals surface area contributed by atoms with Gasteiger partial charge < -0.3 is 45.8 Å². The van der Waals surface area contributed by atoms with E-state index in [1.807, 2.05) is 94.4 Å². The highest BCUT2D eigenvalue weighted by Crippen LogP contribution is 2.34. The fourth-order valence-electron chi connectivity index (χ4n) is 7.92. The average Bonchev–Trinajstić information content (AvgIpc) is 3.35. The molecule has 0 bridgehead atoms. The molecule has 0 saturated carbocycles. The van der Waals surface area contributed by atoms with E-state index in [0.717, 1.165) is 114 Å². The molecule has 2 saturated heterocycles. The molecule has 2 aliphatic heterocycles. The molecule has 6 aromatic rings. The minimum atomic E-state index is 0.186. The topological polar surface area (TPSA) is 190 Å². The van der Waals surface area contributed by atoms with Gasteiger partial charge in [0.05, 0.1) is 55.1 Å². The Kier molecular flexibility index (Phi) is 19.1. The number of halogens is 1. The van der Waals surface area contributed by atoms with Gasteiger partial charge in [0.25, 0.3) is 0 Å². The van der Waals surface area contributed by atoms with Crippen molar-refractivity contribution in [1.82, 2.24) is 29.7 Å². The average molecular weight is 952 g/mol. The molecular formula is C52H63ClN14O2. The summed E-state index contributed by atoms with van der Waals surface area (Å²) in [6.07, 6.45) is 4.03. The number of hydrogen-bond acceptors (Lipinski definition) is 16. The van der Waals surface area contributed by atoms with Crippen LogP contribution >= 0.6 is 11.6 Å². The second-order valence-electron chi connectivity index (χ2n) is 16.4. The number of aliphatic hydroxyl groups is 1. The summed E-state index contributed by atoms with van der Waals surface area (Å²) in [5, 5.41) is 41.1. The number of likely N-dealkylation sites (N-methyl/N-ethyl adjacent to an activating group) is 1. The summed E-state index contributed by atoms with van der Waals surface area (Å²) < 4.78 is 5.68. The molecular weight excluding hydrogens is 888 g/mol. The van der Waals surface area contributed by atoms with Crippen LogP contribution in [0.3, 0.4) is 0 Å². The lowest BCUT2D eigenvalue weighted by atomic mass is 10.1. The van der Waals surface area contributed by atoms with Crippen LogP contribution in [0.5, 0.6) is 5.75 Å². The lowest BCUT2D eigenvalue weighted by molar-refractivity contribution is 0.189. The fraction of sp³-hybridized carbons (Fsp3) is 0.346. The van der Waals surface area contributed by atoms with Gasteiger partial charge in [-0.3, -0.25) is 4.90 Å². The number of nitrogens with one attached hydrogen (secondary N) is 4. The molecule has 0 unspecified atom stereocenters. The van der Waals surface area contributed by atoms with Gasteiger partial charge in [-0.25, -0.2) is 9.97 Å². The monoisotopic (exact) mass is 950 g/mol. The summed E-state index contributed by atoms with van der Waals surface area (Å²) in [6.45, 7) is 16.5. The van der Waals surface area contributed by atoms with Gasteiger partial charge in [0.1, 0.15) is 17.4 Å². The zero-order valence-electron chi connectivity index (χ0n) is 40.4. The van der Waals surface area contributed by atoms with Gasteiger partial charge >= 0.3 is 0 Å². The van der Waals surface area contributed by atoms with E-state index in [4.69, 9.17) is 32.0 Å². The highest BCUT2D eigenvalue weighted by molar-refractivity contribution is 6.33. The van der Waals surface area contributed by atoms with E-state index >= 15 is 0 Å². The molecule has 2 aliphatic rings. The molecule has 0 atom stereocenters. The predicted octanol–water partition coefficient (Wildman–Crippen LogP) is 9.23. The fourth-order valence-corrected chi connectivity index (χ4v) is 8.22. The number of piperazine rings is 2. The second kappa shape index (κ2) is 25.8. The van der Waals surface area contributed by atoms with Crippen molar-refractivity contribution in [3.05, 3.63) is 125 Å². The van der Waals surface area contributed by atoms with Crippen molar-refractivity contribution in [2.75, 3.05) is 111 Å². The van der Waals surface area contributed by atoms with Crippen LogP contribution < -0.4 is 35.8 Å². The molecule has 4 aromatic carbocycles. The number of methoxy groups -OCH3 is 1. The minimum absolute atomic E-state index is 0.186. The van der Waals surface area contributed by atoms with E-state index < -0.39 is 0 Å². The number of anilines is 10. The number of nitrogens with zero attached hydrogens (tertiary/aromatic N) is 10. The van der Waals surface area contributed by atoms with Crippen LogP contribution in [0.4, 0.5) is 57.7 Å². The molecule has 5 N–H and O–H groups in total. The summed E-state index contributed by atoms with van der Waals surface area (Å²) in [6, 6.07) is 31.9. The van der Waals surface area contributed by atoms with Crippen LogP contribution in [0, 0.1) is 36.5 Å². The van der Waals surface area contributed by atoms with Gasteiger partial charge in [-0.2, -0.15) is 20.5 Å². The standard InChI is InChI=1S/C25H28ClN7O.C25H29N7O.C2H6/c1-18-2-4-22(19(16-18)6-8-27)30-24-7-9-28-25(31-24)29-20-3-5-23(21(26)17-20)33-12-10-32(11-13-33)14-15-34;1-18-4-6-21(19(16-18)8-10-26)29-24-9-11-27-25(30-24)28-20-5-7-22(23(17-20)33-3)32-14-12-31(2)13-15-32;1-2/h2-5,7,9,16-17,34H,6,10-15H2,1H3,(H2,28,29,30,31);4-7,9,11,16-17H,8,12-15H2,1-3H3,(H2,27,28,29,30);1-2H3. The van der Waals surface area contributed by atoms with Gasteiger partial charge in [0, 0.05) is 100 Å². The number of aromatic nitrogens is 4. The molecule has 0 radical (unpaired) electrons. The Hall–Kier alpha value is -7.21. The smallest absolute Gasteiger partial charge is 0.229 e. The summed E-state index contributed by atoms with van der Waals surface area (Å²) in [5.74, 6) is 3.02. The van der Waals surface area contributed by atoms with Crippen LogP contribution in [0.1, 0.15) is 36.1 Å². The van der Waals surface area contributed by atoms with E-state index in [0.29, 0.717) is 47.9 Å². The van der Waals surface area contributed by atoms with E-state index in [1.165, 1.54) is 0 Å². The number of aryl methyl sites for hydroxylation is 2. The lowest BCUT2D eigenvalue weighted by Crippen LogP contribution is -2.47. The molecule has 2 fully saturated rings. The summed E-state index contributed by atoms with van der Waals surface area (Å²) in [5.41, 5.74) is 9.54. The largest absolute Gasteiger partial charge is 0.495 e. The molecule has 8 rings (SSSR count). The highest BCUT2D eigenvalue weighted by Gasteiger charge is 2.20. The van der Waals surface area contributed by atoms with Crippen molar-refractivity contribution in [1.29, 1.82) is 10.5 Å². The number of aliphatic hydroxyl groups excluding tert-OH is 1. The SMILES string of the molecule is CC.COc1cc(Nc2nccc(Nc3ccc(C)cc3CC#N)n2)ccc1N1CCN(C)CC1.Cc1ccc(Nc2ccnc(Nc3ccc(N4CCN(CCO)CC4)c(Cl)c3)n2)c(CC#N)c1. The number of β-amino-alcohol motifs (C(OH)–C–C–N with tert-alkyl or cyclic N) is 1. The van der Waals surface area contributed by atoms with Crippen LogP contribution in [-0.4, -0.2) is 115 Å². The molecule has 4 heterocycles. The number of rotatable bonds is 15. The zero-order chi connectivity index (χ0) is 49.1. The molecule has 16 nitrogen and oxygen atoms in total. The van der Waals surface area contributed by atoms with Crippen molar-refractivity contribution in [3.8, 4) is 17.9 Å². The Balaban J connectivity index is 0.000000219. The van der Waals surface area contributed by atoms with Crippen molar-refractivity contribution in [3.63, 3.8) is 0 Å². The Morgan fingerprint density at radius 3 is 1.62 bits per heavy atom. The van der Waals surface area contributed by atoms with Crippen molar-refractivity contribution in [2.24, 2.45) is 0 Å². The number of ether oxygens (including phenoxy) is 1. The first-order chi connectivity index (χ1) is 33.6. The Morgan fingerprint density at radius 1 is 0.638 bits per heavy atom. The minimum Gasteiger partial charge on any atom is -0.495 e. The van der Waals surface area contributed by atoms with Crippen molar-refractivity contribution < 1.29 is 9.84 Å². The van der Waals surface area contributed by atoms with E-state index in [-0.39, 0.29) is 6.61 Å². The molecule has 0 spiro atoms. The Labute approximate surface area is 411 Å². The maximum atomic E-state index is 9.14. The van der Waals surface area contributed by atoms with Gasteiger partial charge in [-0.15, -0.1) is 0 Å².